The fraction of sp³-hybridized carbons (Fsp3) is 0.308. The maximum absolute atomic E-state index is 12.2. The number of carbonyl (C=O) groups is 3. The van der Waals surface area contributed by atoms with Crippen molar-refractivity contribution in [3.8, 4) is 0 Å². The van der Waals surface area contributed by atoms with Gasteiger partial charge in [0.15, 0.2) is 0 Å². The molecule has 0 saturated carbocycles. The first-order valence-electron chi connectivity index (χ1n) is 6.04. The summed E-state index contributed by atoms with van der Waals surface area (Å²) >= 11 is 0. The lowest BCUT2D eigenvalue weighted by Crippen LogP contribution is -2.42. The van der Waals surface area contributed by atoms with Crippen molar-refractivity contribution < 1.29 is 14.4 Å². The minimum absolute atomic E-state index is 0.0955. The van der Waals surface area contributed by atoms with Gasteiger partial charge in [0.1, 0.15) is 0 Å². The van der Waals surface area contributed by atoms with E-state index < -0.39 is 23.6 Å². The van der Waals surface area contributed by atoms with Gasteiger partial charge in [-0.15, -0.1) is 0 Å². The topological polar surface area (TPSA) is 106 Å². The summed E-state index contributed by atoms with van der Waals surface area (Å²) in [7, 11) is 0. The van der Waals surface area contributed by atoms with Gasteiger partial charge >= 0.3 is 0 Å². The highest BCUT2D eigenvalue weighted by molar-refractivity contribution is 6.30. The van der Waals surface area contributed by atoms with Gasteiger partial charge < -0.3 is 11.5 Å². The van der Waals surface area contributed by atoms with Gasteiger partial charge in [0.2, 0.25) is 5.91 Å². The van der Waals surface area contributed by atoms with Crippen LogP contribution >= 0.6 is 0 Å². The Hall–Kier alpha value is -2.21. The molecule has 0 saturated heterocycles. The molecule has 3 amide bonds. The van der Waals surface area contributed by atoms with Crippen molar-refractivity contribution >= 4 is 23.4 Å². The number of hydrogen-bond donors (Lipinski definition) is 2. The van der Waals surface area contributed by atoms with Crippen molar-refractivity contribution in [2.75, 3.05) is 12.3 Å². The molecule has 1 aromatic rings. The molecular formula is C13H15N3O3. The second kappa shape index (κ2) is 4.81. The molecule has 100 valence electrons. The fourth-order valence-corrected chi connectivity index (χ4v) is 2.14. The van der Waals surface area contributed by atoms with E-state index in [1.165, 1.54) is 12.1 Å². The summed E-state index contributed by atoms with van der Waals surface area (Å²) in [4.78, 5) is 37.1. The number of amides is 3. The van der Waals surface area contributed by atoms with E-state index in [2.05, 4.69) is 0 Å². The standard InChI is InChI=1S/C13H15N3O3/c1-2-7(6-14)11(17)16-12(18)8-4-3-5-9(15)10(8)13(16)19/h3-5,7H,2,6,14-15H2,1H3. The van der Waals surface area contributed by atoms with Crippen molar-refractivity contribution in [3.05, 3.63) is 29.3 Å². The van der Waals surface area contributed by atoms with E-state index in [0.29, 0.717) is 11.3 Å². The second-order valence-corrected chi connectivity index (χ2v) is 4.39. The van der Waals surface area contributed by atoms with Crippen LogP contribution in [0.25, 0.3) is 0 Å². The molecule has 0 bridgehead atoms. The van der Waals surface area contributed by atoms with Gasteiger partial charge in [-0.1, -0.05) is 13.0 Å². The smallest absolute Gasteiger partial charge is 0.270 e. The number of fused-ring (bicyclic) bond motifs is 1. The first-order chi connectivity index (χ1) is 9.02. The molecule has 0 aromatic heterocycles. The Morgan fingerprint density at radius 3 is 2.53 bits per heavy atom. The average Bonchev–Trinajstić information content (AvgIpc) is 2.64. The zero-order valence-corrected chi connectivity index (χ0v) is 10.6. The Morgan fingerprint density at radius 2 is 2.00 bits per heavy atom. The highest BCUT2D eigenvalue weighted by Gasteiger charge is 2.42. The molecule has 2 rings (SSSR count). The molecule has 0 spiro atoms. The maximum Gasteiger partial charge on any atom is 0.270 e. The highest BCUT2D eigenvalue weighted by atomic mass is 16.2. The van der Waals surface area contributed by atoms with Crippen molar-refractivity contribution in [1.29, 1.82) is 0 Å². The minimum atomic E-state index is -0.657. The first-order valence-corrected chi connectivity index (χ1v) is 6.04. The molecule has 1 heterocycles. The monoisotopic (exact) mass is 261 g/mol. The van der Waals surface area contributed by atoms with Gasteiger partial charge in [-0.05, 0) is 18.6 Å². The quantitative estimate of drug-likeness (QED) is 0.604. The predicted octanol–water partition coefficient (Wildman–Crippen LogP) is 0.376. The van der Waals surface area contributed by atoms with Crippen molar-refractivity contribution in [3.63, 3.8) is 0 Å². The molecule has 1 aromatic carbocycles. The zero-order chi connectivity index (χ0) is 14.2. The third kappa shape index (κ3) is 1.90. The molecule has 0 radical (unpaired) electrons. The van der Waals surface area contributed by atoms with E-state index >= 15 is 0 Å². The third-order valence-electron chi connectivity index (χ3n) is 3.29. The van der Waals surface area contributed by atoms with E-state index in [4.69, 9.17) is 11.5 Å². The number of rotatable bonds is 3. The summed E-state index contributed by atoms with van der Waals surface area (Å²) in [6, 6.07) is 4.59. The maximum atomic E-state index is 12.2. The van der Waals surface area contributed by atoms with Crippen LogP contribution in [0.4, 0.5) is 5.69 Å². The van der Waals surface area contributed by atoms with Crippen LogP contribution in [0.3, 0.4) is 0 Å². The number of benzene rings is 1. The molecule has 0 aliphatic carbocycles. The predicted molar refractivity (Wildman–Crippen MR) is 69.2 cm³/mol. The number of hydrogen-bond acceptors (Lipinski definition) is 5. The Kier molecular flexibility index (Phi) is 3.35. The summed E-state index contributed by atoms with van der Waals surface area (Å²) in [6.45, 7) is 1.88. The molecule has 19 heavy (non-hydrogen) atoms. The fourth-order valence-electron chi connectivity index (χ4n) is 2.14. The zero-order valence-electron chi connectivity index (χ0n) is 10.6. The van der Waals surface area contributed by atoms with Crippen molar-refractivity contribution in [2.45, 2.75) is 13.3 Å². The molecule has 1 aliphatic heterocycles. The van der Waals surface area contributed by atoms with Crippen LogP contribution in [0.5, 0.6) is 0 Å². The van der Waals surface area contributed by atoms with Crippen LogP contribution in [-0.4, -0.2) is 29.2 Å². The van der Waals surface area contributed by atoms with E-state index in [1.807, 2.05) is 0 Å². The summed E-state index contributed by atoms with van der Waals surface area (Å²) < 4.78 is 0. The second-order valence-electron chi connectivity index (χ2n) is 4.39. The molecule has 0 fully saturated rings. The first kappa shape index (κ1) is 13.2. The Bertz CT molecular complexity index is 564. The Balaban J connectivity index is 2.43. The summed E-state index contributed by atoms with van der Waals surface area (Å²) in [6.07, 6.45) is 0.470. The van der Waals surface area contributed by atoms with Gasteiger partial charge in [-0.25, -0.2) is 4.90 Å². The molecule has 1 aliphatic rings. The molecule has 6 heteroatoms. The van der Waals surface area contributed by atoms with E-state index in [9.17, 15) is 14.4 Å². The van der Waals surface area contributed by atoms with E-state index in [-0.39, 0.29) is 23.4 Å². The highest BCUT2D eigenvalue weighted by Crippen LogP contribution is 2.28. The van der Waals surface area contributed by atoms with Crippen LogP contribution < -0.4 is 11.5 Å². The molecular weight excluding hydrogens is 246 g/mol. The number of nitrogen functional groups attached to an aromatic ring is 1. The van der Waals surface area contributed by atoms with Gasteiger partial charge in [-0.2, -0.15) is 0 Å². The summed E-state index contributed by atoms with van der Waals surface area (Å²) in [5.41, 5.74) is 11.7. The Labute approximate surface area is 110 Å². The van der Waals surface area contributed by atoms with Crippen LogP contribution in [0, 0.1) is 5.92 Å². The number of anilines is 1. The number of nitrogens with zero attached hydrogens (tertiary/aromatic N) is 1. The molecule has 4 N–H and O–H groups in total. The van der Waals surface area contributed by atoms with Gasteiger partial charge in [0, 0.05) is 12.2 Å². The molecule has 1 unspecified atom stereocenters. The lowest BCUT2D eigenvalue weighted by atomic mass is 10.1. The normalized spacial score (nSPS) is 15.6. The number of imide groups is 3. The van der Waals surface area contributed by atoms with Gasteiger partial charge in [0.25, 0.3) is 11.8 Å². The van der Waals surface area contributed by atoms with Crippen LogP contribution in [0.15, 0.2) is 18.2 Å². The van der Waals surface area contributed by atoms with Gasteiger partial charge in [0.05, 0.1) is 17.0 Å². The van der Waals surface area contributed by atoms with Crippen LogP contribution in [0.2, 0.25) is 0 Å². The van der Waals surface area contributed by atoms with Crippen molar-refractivity contribution in [2.24, 2.45) is 11.7 Å². The minimum Gasteiger partial charge on any atom is -0.398 e. The van der Waals surface area contributed by atoms with E-state index in [1.54, 1.807) is 13.0 Å². The SMILES string of the molecule is CCC(CN)C(=O)N1C(=O)c2cccc(N)c2C1=O. The van der Waals surface area contributed by atoms with Crippen molar-refractivity contribution in [1.82, 2.24) is 4.90 Å². The van der Waals surface area contributed by atoms with Crippen LogP contribution in [0.1, 0.15) is 34.1 Å². The number of carbonyl (C=O) groups excluding carboxylic acids is 3. The lowest BCUT2D eigenvalue weighted by Gasteiger charge is -2.17. The molecule has 6 nitrogen and oxygen atoms in total. The Morgan fingerprint density at radius 1 is 1.32 bits per heavy atom. The lowest BCUT2D eigenvalue weighted by molar-refractivity contribution is -0.130. The van der Waals surface area contributed by atoms with E-state index in [0.717, 1.165) is 0 Å². The summed E-state index contributed by atoms with van der Waals surface area (Å²) in [5.74, 6) is -2.38. The van der Waals surface area contributed by atoms with Gasteiger partial charge in [-0.3, -0.25) is 14.4 Å². The largest absolute Gasteiger partial charge is 0.398 e. The number of nitrogens with two attached hydrogens (primary N) is 2. The summed E-state index contributed by atoms with van der Waals surface area (Å²) in [5, 5.41) is 0. The average molecular weight is 261 g/mol. The van der Waals surface area contributed by atoms with Crippen LogP contribution in [-0.2, 0) is 4.79 Å². The third-order valence-corrected chi connectivity index (χ3v) is 3.29. The molecule has 1 atom stereocenters.